The van der Waals surface area contributed by atoms with E-state index in [9.17, 15) is 9.18 Å². The Labute approximate surface area is 105 Å². The van der Waals surface area contributed by atoms with Crippen molar-refractivity contribution in [3.8, 4) is 10.6 Å². The number of halogens is 2. The number of aromatic nitrogens is 2. The van der Waals surface area contributed by atoms with Crippen molar-refractivity contribution in [1.82, 2.24) is 10.2 Å². The van der Waals surface area contributed by atoms with Crippen LogP contribution in [0.5, 0.6) is 0 Å². The zero-order valence-electron chi connectivity index (χ0n) is 8.48. The highest BCUT2D eigenvalue weighted by molar-refractivity contribution is 7.18. The van der Waals surface area contributed by atoms with Gasteiger partial charge in [0, 0.05) is 5.56 Å². The Balaban J connectivity index is 2.18. The molecule has 2 rings (SSSR count). The van der Waals surface area contributed by atoms with Crippen LogP contribution in [0.4, 0.5) is 9.52 Å². The molecular weight excluding hydrogens is 265 g/mol. The van der Waals surface area contributed by atoms with Gasteiger partial charge < -0.3 is 0 Å². The molecule has 4 nitrogen and oxygen atoms in total. The van der Waals surface area contributed by atoms with Gasteiger partial charge in [0.05, 0.1) is 0 Å². The van der Waals surface area contributed by atoms with E-state index in [1.165, 1.54) is 23.5 Å². The minimum Gasteiger partial charge on any atom is -0.299 e. The Morgan fingerprint density at radius 1 is 1.35 bits per heavy atom. The molecule has 1 amide bonds. The van der Waals surface area contributed by atoms with Crippen LogP contribution in [-0.2, 0) is 4.79 Å². The van der Waals surface area contributed by atoms with Crippen LogP contribution < -0.4 is 5.32 Å². The van der Waals surface area contributed by atoms with Crippen molar-refractivity contribution in [2.24, 2.45) is 0 Å². The maximum absolute atomic E-state index is 12.7. The first-order valence-corrected chi connectivity index (χ1v) is 5.99. The summed E-state index contributed by atoms with van der Waals surface area (Å²) in [4.78, 5) is 11.0. The third-order valence-corrected chi connectivity index (χ3v) is 3.01. The summed E-state index contributed by atoms with van der Waals surface area (Å²) in [7, 11) is 0. The van der Waals surface area contributed by atoms with E-state index < -0.39 is 0 Å². The molecule has 1 N–H and O–H groups in total. The average molecular weight is 272 g/mol. The van der Waals surface area contributed by atoms with Gasteiger partial charge in [-0.05, 0) is 24.3 Å². The molecular formula is C10H7ClFN3OS. The standard InChI is InChI=1S/C10H7ClFN3OS/c11-5-8(16)13-10-15-14-9(17-10)6-1-3-7(12)4-2-6/h1-4H,5H2,(H,13,15,16). The van der Waals surface area contributed by atoms with Crippen LogP contribution in [0.1, 0.15) is 0 Å². The van der Waals surface area contributed by atoms with Crippen molar-refractivity contribution in [1.29, 1.82) is 0 Å². The van der Waals surface area contributed by atoms with Gasteiger partial charge in [0.25, 0.3) is 0 Å². The Hall–Kier alpha value is -1.53. The van der Waals surface area contributed by atoms with Crippen LogP contribution >= 0.6 is 22.9 Å². The molecule has 0 unspecified atom stereocenters. The van der Waals surface area contributed by atoms with E-state index in [1.54, 1.807) is 12.1 Å². The number of anilines is 1. The topological polar surface area (TPSA) is 54.9 Å². The summed E-state index contributed by atoms with van der Waals surface area (Å²) < 4.78 is 12.7. The summed E-state index contributed by atoms with van der Waals surface area (Å²) in [6.45, 7) is 0. The molecule has 88 valence electrons. The number of rotatable bonds is 3. The van der Waals surface area contributed by atoms with Crippen molar-refractivity contribution >= 4 is 34.0 Å². The zero-order valence-corrected chi connectivity index (χ0v) is 10.1. The van der Waals surface area contributed by atoms with E-state index in [2.05, 4.69) is 15.5 Å². The van der Waals surface area contributed by atoms with Crippen molar-refractivity contribution in [2.75, 3.05) is 11.2 Å². The van der Waals surface area contributed by atoms with Crippen molar-refractivity contribution in [2.45, 2.75) is 0 Å². The summed E-state index contributed by atoms with van der Waals surface area (Å²) in [6.07, 6.45) is 0. The predicted octanol–water partition coefficient (Wildman–Crippen LogP) is 2.52. The number of benzene rings is 1. The second-order valence-electron chi connectivity index (χ2n) is 3.10. The SMILES string of the molecule is O=C(CCl)Nc1nnc(-c2ccc(F)cc2)s1. The van der Waals surface area contributed by atoms with Crippen molar-refractivity contribution < 1.29 is 9.18 Å². The van der Waals surface area contributed by atoms with Gasteiger partial charge >= 0.3 is 0 Å². The quantitative estimate of drug-likeness (QED) is 0.873. The number of nitrogens with zero attached hydrogens (tertiary/aromatic N) is 2. The minimum absolute atomic E-state index is 0.133. The third-order valence-electron chi connectivity index (χ3n) is 1.88. The van der Waals surface area contributed by atoms with E-state index >= 15 is 0 Å². The van der Waals surface area contributed by atoms with Crippen LogP contribution in [0.25, 0.3) is 10.6 Å². The molecule has 0 saturated carbocycles. The number of alkyl halides is 1. The van der Waals surface area contributed by atoms with Gasteiger partial charge in [-0.1, -0.05) is 11.3 Å². The maximum Gasteiger partial charge on any atom is 0.241 e. The Morgan fingerprint density at radius 2 is 2.06 bits per heavy atom. The van der Waals surface area contributed by atoms with Gasteiger partial charge in [-0.2, -0.15) is 0 Å². The summed E-state index contributed by atoms with van der Waals surface area (Å²) in [5.74, 6) is -0.784. The molecule has 1 heterocycles. The van der Waals surface area contributed by atoms with Gasteiger partial charge in [0.2, 0.25) is 11.0 Å². The first kappa shape index (κ1) is 11.9. The summed E-state index contributed by atoms with van der Waals surface area (Å²) in [5, 5.41) is 11.1. The smallest absolute Gasteiger partial charge is 0.241 e. The van der Waals surface area contributed by atoms with Crippen LogP contribution in [0.2, 0.25) is 0 Å². The molecule has 0 atom stereocenters. The number of carbonyl (C=O) groups is 1. The number of carbonyl (C=O) groups excluding carboxylic acids is 1. The van der Waals surface area contributed by atoms with Gasteiger partial charge in [-0.3, -0.25) is 10.1 Å². The molecule has 0 saturated heterocycles. The summed E-state index contributed by atoms with van der Waals surface area (Å²) >= 11 is 6.55. The number of hydrogen-bond acceptors (Lipinski definition) is 4. The number of nitrogens with one attached hydrogen (secondary N) is 1. The van der Waals surface area contributed by atoms with E-state index in [1.807, 2.05) is 0 Å². The van der Waals surface area contributed by atoms with E-state index in [-0.39, 0.29) is 17.6 Å². The van der Waals surface area contributed by atoms with Gasteiger partial charge in [0.15, 0.2) is 0 Å². The van der Waals surface area contributed by atoms with Crippen LogP contribution in [0.15, 0.2) is 24.3 Å². The predicted molar refractivity (Wildman–Crippen MR) is 64.7 cm³/mol. The normalized spacial score (nSPS) is 10.2. The monoisotopic (exact) mass is 271 g/mol. The Bertz CT molecular complexity index is 529. The van der Waals surface area contributed by atoms with Crippen molar-refractivity contribution in [3.05, 3.63) is 30.1 Å². The fourth-order valence-corrected chi connectivity index (χ4v) is 1.97. The average Bonchev–Trinajstić information content (AvgIpc) is 2.78. The fourth-order valence-electron chi connectivity index (χ4n) is 1.14. The van der Waals surface area contributed by atoms with Crippen LogP contribution in [0, 0.1) is 5.82 Å². The Kier molecular flexibility index (Phi) is 3.65. The van der Waals surface area contributed by atoms with E-state index in [4.69, 9.17) is 11.6 Å². The van der Waals surface area contributed by atoms with Crippen LogP contribution in [-0.4, -0.2) is 22.0 Å². The largest absolute Gasteiger partial charge is 0.299 e. The molecule has 0 spiro atoms. The van der Waals surface area contributed by atoms with E-state index in [0.717, 1.165) is 5.56 Å². The highest BCUT2D eigenvalue weighted by atomic mass is 35.5. The number of amides is 1. The fraction of sp³-hybridized carbons (Fsp3) is 0.100. The molecule has 0 aliphatic heterocycles. The van der Waals surface area contributed by atoms with Crippen LogP contribution in [0.3, 0.4) is 0 Å². The molecule has 1 aromatic heterocycles. The third kappa shape index (κ3) is 2.98. The molecule has 0 fully saturated rings. The molecule has 2 aromatic rings. The molecule has 0 aliphatic carbocycles. The summed E-state index contributed by atoms with van der Waals surface area (Å²) in [5.41, 5.74) is 0.746. The maximum atomic E-state index is 12.7. The second kappa shape index (κ2) is 5.20. The first-order chi connectivity index (χ1) is 8.19. The molecule has 0 radical (unpaired) electrons. The zero-order chi connectivity index (χ0) is 12.3. The number of hydrogen-bond donors (Lipinski definition) is 1. The first-order valence-electron chi connectivity index (χ1n) is 4.64. The highest BCUT2D eigenvalue weighted by Gasteiger charge is 2.08. The van der Waals surface area contributed by atoms with E-state index in [0.29, 0.717) is 10.1 Å². The lowest BCUT2D eigenvalue weighted by atomic mass is 10.2. The molecule has 17 heavy (non-hydrogen) atoms. The van der Waals surface area contributed by atoms with Crippen molar-refractivity contribution in [3.63, 3.8) is 0 Å². The lowest BCUT2D eigenvalue weighted by Gasteiger charge is -1.95. The molecule has 0 aliphatic rings. The highest BCUT2D eigenvalue weighted by Crippen LogP contribution is 2.26. The van der Waals surface area contributed by atoms with Gasteiger partial charge in [0.1, 0.15) is 16.7 Å². The molecule has 1 aromatic carbocycles. The Morgan fingerprint density at radius 3 is 2.71 bits per heavy atom. The lowest BCUT2D eigenvalue weighted by molar-refractivity contribution is -0.113. The molecule has 7 heteroatoms. The second-order valence-corrected chi connectivity index (χ2v) is 4.35. The van der Waals surface area contributed by atoms with Gasteiger partial charge in [-0.15, -0.1) is 21.8 Å². The minimum atomic E-state index is -0.339. The lowest BCUT2D eigenvalue weighted by Crippen LogP contribution is -2.12. The van der Waals surface area contributed by atoms with Gasteiger partial charge in [-0.25, -0.2) is 4.39 Å². The summed E-state index contributed by atoms with van der Waals surface area (Å²) in [6, 6.07) is 5.88. The molecule has 0 bridgehead atoms.